The fourth-order valence-electron chi connectivity index (χ4n) is 1.49. The van der Waals surface area contributed by atoms with Crippen LogP contribution in [0.1, 0.15) is 24.5 Å². The van der Waals surface area contributed by atoms with E-state index in [1.165, 1.54) is 6.07 Å². The number of nitrogens with one attached hydrogen (secondary N) is 1. The Morgan fingerprint density at radius 2 is 2.00 bits per heavy atom. The molecule has 0 aliphatic heterocycles. The maximum Gasteiger partial charge on any atom is 0.419 e. The summed E-state index contributed by atoms with van der Waals surface area (Å²) in [6.45, 7) is 2.01. The van der Waals surface area contributed by atoms with Crippen LogP contribution in [-0.2, 0) is 12.7 Å². The number of alkyl halides is 3. The summed E-state index contributed by atoms with van der Waals surface area (Å²) >= 11 is 0. The second-order valence-electron chi connectivity index (χ2n) is 4.11. The second-order valence-corrected chi connectivity index (χ2v) is 4.11. The highest BCUT2D eigenvalue weighted by Gasteiger charge is 2.34. The number of rotatable bonds is 5. The molecule has 2 nitrogen and oxygen atoms in total. The van der Waals surface area contributed by atoms with Crippen LogP contribution in [0.25, 0.3) is 0 Å². The normalized spacial score (nSPS) is 13.7. The summed E-state index contributed by atoms with van der Waals surface area (Å²) < 4.78 is 50.4. The molecule has 1 aromatic rings. The summed E-state index contributed by atoms with van der Waals surface area (Å²) in [5.74, 6) is -1.27. The first kappa shape index (κ1) is 14.9. The van der Waals surface area contributed by atoms with E-state index in [2.05, 4.69) is 5.32 Å². The van der Waals surface area contributed by atoms with E-state index in [1.807, 2.05) is 6.92 Å². The van der Waals surface area contributed by atoms with E-state index < -0.39 is 17.6 Å². The molecule has 6 heteroatoms. The van der Waals surface area contributed by atoms with Gasteiger partial charge in [-0.05, 0) is 31.0 Å². The van der Waals surface area contributed by atoms with E-state index in [0.29, 0.717) is 12.0 Å². The number of hydrogen-bond acceptors (Lipinski definition) is 2. The highest BCUT2D eigenvalue weighted by Crippen LogP contribution is 2.31. The third kappa shape index (κ3) is 4.27. The van der Waals surface area contributed by atoms with Crippen molar-refractivity contribution in [3.8, 4) is 0 Å². The lowest BCUT2D eigenvalue weighted by Crippen LogP contribution is -2.26. The summed E-state index contributed by atoms with van der Waals surface area (Å²) in [6.07, 6.45) is -4.18. The molecule has 102 valence electrons. The minimum atomic E-state index is -4.68. The fourth-order valence-corrected chi connectivity index (χ4v) is 1.49. The zero-order chi connectivity index (χ0) is 13.8. The summed E-state index contributed by atoms with van der Waals surface area (Å²) in [7, 11) is 0. The lowest BCUT2D eigenvalue weighted by Gasteiger charge is -2.14. The lowest BCUT2D eigenvalue weighted by molar-refractivity contribution is -0.140. The number of hydrogen-bond donors (Lipinski definition) is 2. The lowest BCUT2D eigenvalue weighted by atomic mass is 10.1. The highest BCUT2D eigenvalue weighted by molar-refractivity contribution is 5.27. The van der Waals surface area contributed by atoms with Crippen LogP contribution in [0.4, 0.5) is 17.6 Å². The molecule has 0 bridgehead atoms. The van der Waals surface area contributed by atoms with E-state index in [-0.39, 0.29) is 19.2 Å². The average Bonchev–Trinajstić information content (AvgIpc) is 2.27. The van der Waals surface area contributed by atoms with Gasteiger partial charge >= 0.3 is 6.18 Å². The summed E-state index contributed by atoms with van der Waals surface area (Å²) in [5.41, 5.74) is -0.898. The van der Waals surface area contributed by atoms with Gasteiger partial charge < -0.3 is 10.4 Å². The molecule has 1 atom stereocenters. The maximum absolute atomic E-state index is 13.0. The molecule has 0 aliphatic rings. The Labute approximate surface area is 103 Å². The Hall–Kier alpha value is -1.14. The van der Waals surface area contributed by atoms with Crippen LogP contribution >= 0.6 is 0 Å². The molecule has 2 N–H and O–H groups in total. The molecule has 1 rings (SSSR count). The molecular weight excluding hydrogens is 250 g/mol. The van der Waals surface area contributed by atoms with E-state index in [9.17, 15) is 17.6 Å². The molecular formula is C12H15F4NO. The maximum atomic E-state index is 13.0. The monoisotopic (exact) mass is 265 g/mol. The SMILES string of the molecule is CC(CCO)NCc1ccc(F)c(C(F)(F)F)c1. The van der Waals surface area contributed by atoms with Gasteiger partial charge in [-0.3, -0.25) is 0 Å². The molecule has 18 heavy (non-hydrogen) atoms. The van der Waals surface area contributed by atoms with Gasteiger partial charge in [0.1, 0.15) is 5.82 Å². The summed E-state index contributed by atoms with van der Waals surface area (Å²) in [4.78, 5) is 0. The van der Waals surface area contributed by atoms with Crippen LogP contribution < -0.4 is 5.32 Å². The molecule has 0 heterocycles. The Balaban J connectivity index is 2.74. The number of aliphatic hydroxyl groups is 1. The van der Waals surface area contributed by atoms with Crippen molar-refractivity contribution >= 4 is 0 Å². The minimum Gasteiger partial charge on any atom is -0.396 e. The fraction of sp³-hybridized carbons (Fsp3) is 0.500. The van der Waals surface area contributed by atoms with Crippen molar-refractivity contribution in [1.29, 1.82) is 0 Å². The molecule has 0 spiro atoms. The van der Waals surface area contributed by atoms with Gasteiger partial charge in [0, 0.05) is 19.2 Å². The van der Waals surface area contributed by atoms with Gasteiger partial charge in [0.25, 0.3) is 0 Å². The average molecular weight is 265 g/mol. The van der Waals surface area contributed by atoms with Crippen LogP contribution in [-0.4, -0.2) is 17.8 Å². The molecule has 1 unspecified atom stereocenters. The van der Waals surface area contributed by atoms with Gasteiger partial charge in [-0.2, -0.15) is 13.2 Å². The Kier molecular flexibility index (Phi) is 5.10. The van der Waals surface area contributed by atoms with Crippen molar-refractivity contribution in [2.75, 3.05) is 6.61 Å². The zero-order valence-corrected chi connectivity index (χ0v) is 9.89. The van der Waals surface area contributed by atoms with Gasteiger partial charge in [-0.1, -0.05) is 6.07 Å². The third-order valence-corrected chi connectivity index (χ3v) is 2.55. The van der Waals surface area contributed by atoms with Gasteiger partial charge in [-0.15, -0.1) is 0 Å². The molecule has 0 radical (unpaired) electrons. The predicted octanol–water partition coefficient (Wildman–Crippen LogP) is 2.71. The van der Waals surface area contributed by atoms with Crippen molar-refractivity contribution < 1.29 is 22.7 Å². The van der Waals surface area contributed by atoms with Crippen molar-refractivity contribution in [2.24, 2.45) is 0 Å². The van der Waals surface area contributed by atoms with E-state index in [1.54, 1.807) is 0 Å². The van der Waals surface area contributed by atoms with Crippen molar-refractivity contribution in [3.05, 3.63) is 35.1 Å². The van der Waals surface area contributed by atoms with Gasteiger partial charge in [0.2, 0.25) is 0 Å². The molecule has 0 aromatic heterocycles. The van der Waals surface area contributed by atoms with Gasteiger partial charge in [0.05, 0.1) is 5.56 Å². The first-order chi connectivity index (χ1) is 8.34. The van der Waals surface area contributed by atoms with E-state index in [4.69, 9.17) is 5.11 Å². The Morgan fingerprint density at radius 1 is 1.33 bits per heavy atom. The molecule has 0 saturated carbocycles. The minimum absolute atomic E-state index is 0.00534. The molecule has 0 fully saturated rings. The molecule has 1 aromatic carbocycles. The second kappa shape index (κ2) is 6.15. The van der Waals surface area contributed by atoms with Crippen LogP contribution in [0.2, 0.25) is 0 Å². The first-order valence-electron chi connectivity index (χ1n) is 5.54. The van der Waals surface area contributed by atoms with Gasteiger partial charge in [-0.25, -0.2) is 4.39 Å². The third-order valence-electron chi connectivity index (χ3n) is 2.55. The topological polar surface area (TPSA) is 32.3 Å². The first-order valence-corrected chi connectivity index (χ1v) is 5.54. The number of halogens is 4. The van der Waals surface area contributed by atoms with Crippen molar-refractivity contribution in [2.45, 2.75) is 32.1 Å². The van der Waals surface area contributed by atoms with Crippen molar-refractivity contribution in [3.63, 3.8) is 0 Å². The standard InChI is InChI=1S/C12H15F4NO/c1-8(4-5-18)17-7-9-2-3-11(13)10(6-9)12(14,15)16/h2-3,6,8,17-18H,4-5,7H2,1H3. The van der Waals surface area contributed by atoms with Crippen LogP contribution in [0.3, 0.4) is 0 Å². The predicted molar refractivity (Wildman–Crippen MR) is 59.4 cm³/mol. The smallest absolute Gasteiger partial charge is 0.396 e. The Bertz CT molecular complexity index is 392. The zero-order valence-electron chi connectivity index (χ0n) is 9.89. The molecule has 0 saturated heterocycles. The number of benzene rings is 1. The Morgan fingerprint density at radius 3 is 2.56 bits per heavy atom. The highest BCUT2D eigenvalue weighted by atomic mass is 19.4. The summed E-state index contributed by atoms with van der Waals surface area (Å²) in [6, 6.07) is 2.91. The van der Waals surface area contributed by atoms with E-state index >= 15 is 0 Å². The molecule has 0 amide bonds. The largest absolute Gasteiger partial charge is 0.419 e. The molecule has 0 aliphatic carbocycles. The van der Waals surface area contributed by atoms with Gasteiger partial charge in [0.15, 0.2) is 0 Å². The number of aliphatic hydroxyl groups excluding tert-OH is 1. The summed E-state index contributed by atoms with van der Waals surface area (Å²) in [5, 5.41) is 11.6. The van der Waals surface area contributed by atoms with Crippen LogP contribution in [0, 0.1) is 5.82 Å². The van der Waals surface area contributed by atoms with E-state index in [0.717, 1.165) is 12.1 Å². The van der Waals surface area contributed by atoms with Crippen LogP contribution in [0.15, 0.2) is 18.2 Å². The van der Waals surface area contributed by atoms with Crippen molar-refractivity contribution in [1.82, 2.24) is 5.32 Å². The quantitative estimate of drug-likeness (QED) is 0.802. The van der Waals surface area contributed by atoms with Crippen LogP contribution in [0.5, 0.6) is 0 Å².